The number of likely N-dealkylation sites (tertiary alicyclic amines) is 1. The molecular weight excluding hydrogens is 405 g/mol. The average Bonchev–Trinajstić information content (AvgIpc) is 3.07. The monoisotopic (exact) mass is 421 g/mol. The molecule has 2 atom stereocenters. The van der Waals surface area contributed by atoms with E-state index in [-0.39, 0.29) is 24.6 Å². The lowest BCUT2D eigenvalue weighted by Gasteiger charge is -2.22. The van der Waals surface area contributed by atoms with Gasteiger partial charge in [0, 0.05) is 10.9 Å². The maximum atomic E-state index is 13.8. The summed E-state index contributed by atoms with van der Waals surface area (Å²) < 4.78 is 25.0. The van der Waals surface area contributed by atoms with Crippen LogP contribution in [-0.2, 0) is 9.53 Å². The van der Waals surface area contributed by atoms with E-state index in [0.29, 0.717) is 10.0 Å². The van der Waals surface area contributed by atoms with Gasteiger partial charge in [-0.3, -0.25) is 4.79 Å². The minimum atomic E-state index is -0.781. The zero-order valence-corrected chi connectivity index (χ0v) is 15.6. The summed E-state index contributed by atoms with van der Waals surface area (Å²) in [7, 11) is 1.27. The minimum Gasteiger partial charge on any atom is -0.485 e. The van der Waals surface area contributed by atoms with E-state index in [2.05, 4.69) is 15.9 Å². The molecule has 1 heterocycles. The Hall–Kier alpha value is -2.41. The van der Waals surface area contributed by atoms with Crippen molar-refractivity contribution in [3.63, 3.8) is 0 Å². The molecule has 0 aromatic heterocycles. The van der Waals surface area contributed by atoms with Crippen molar-refractivity contribution in [3.05, 3.63) is 64.4 Å². The fraction of sp³-hybridized carbons (Fsp3) is 0.263. The van der Waals surface area contributed by atoms with Gasteiger partial charge in [-0.15, -0.1) is 0 Å². The van der Waals surface area contributed by atoms with E-state index < -0.39 is 23.9 Å². The molecule has 1 amide bonds. The molecule has 0 saturated carbocycles. The molecule has 2 aromatic carbocycles. The molecule has 0 N–H and O–H groups in total. The molecule has 7 heteroatoms. The van der Waals surface area contributed by atoms with Crippen molar-refractivity contribution >= 4 is 27.8 Å². The number of carbonyl (C=O) groups excluding carboxylic acids is 2. The molecule has 2 unspecified atom stereocenters. The minimum absolute atomic E-state index is 0.0938. The van der Waals surface area contributed by atoms with Crippen molar-refractivity contribution in [2.45, 2.75) is 18.6 Å². The lowest BCUT2D eigenvalue weighted by Crippen LogP contribution is -2.41. The van der Waals surface area contributed by atoms with E-state index >= 15 is 0 Å². The van der Waals surface area contributed by atoms with E-state index in [4.69, 9.17) is 9.47 Å². The molecule has 0 aliphatic carbocycles. The van der Waals surface area contributed by atoms with Crippen molar-refractivity contribution < 1.29 is 23.5 Å². The maximum absolute atomic E-state index is 13.8. The molecule has 1 aliphatic rings. The van der Waals surface area contributed by atoms with Crippen LogP contribution in [0, 0.1) is 5.82 Å². The Kier molecular flexibility index (Phi) is 5.56. The largest absolute Gasteiger partial charge is 0.485 e. The number of ether oxygens (including phenoxy) is 2. The molecule has 1 saturated heterocycles. The summed E-state index contributed by atoms with van der Waals surface area (Å²) >= 11 is 3.35. The third kappa shape index (κ3) is 3.72. The van der Waals surface area contributed by atoms with Crippen molar-refractivity contribution in [3.8, 4) is 5.75 Å². The van der Waals surface area contributed by atoms with Crippen LogP contribution in [0.15, 0.2) is 53.0 Å². The van der Waals surface area contributed by atoms with Crippen LogP contribution in [0.3, 0.4) is 0 Å². The van der Waals surface area contributed by atoms with Crippen molar-refractivity contribution in [1.29, 1.82) is 0 Å². The van der Waals surface area contributed by atoms with Gasteiger partial charge in [0.1, 0.15) is 12.1 Å². The van der Waals surface area contributed by atoms with Gasteiger partial charge in [0.25, 0.3) is 5.91 Å². The van der Waals surface area contributed by atoms with Crippen LogP contribution in [0.4, 0.5) is 4.39 Å². The van der Waals surface area contributed by atoms with E-state index in [1.165, 1.54) is 24.1 Å². The van der Waals surface area contributed by atoms with E-state index in [0.717, 1.165) is 0 Å². The number of para-hydroxylation sites is 1. The first-order chi connectivity index (χ1) is 12.5. The van der Waals surface area contributed by atoms with Crippen LogP contribution >= 0.6 is 15.9 Å². The lowest BCUT2D eigenvalue weighted by molar-refractivity contribution is -0.145. The molecular formula is C19H17BrFNO4. The molecule has 2 aromatic rings. The zero-order valence-electron chi connectivity index (χ0n) is 14.0. The highest BCUT2D eigenvalue weighted by Crippen LogP contribution is 2.28. The zero-order chi connectivity index (χ0) is 18.7. The first-order valence-electron chi connectivity index (χ1n) is 8.05. The number of nitrogens with zero attached hydrogens (tertiary/aromatic N) is 1. The van der Waals surface area contributed by atoms with E-state index in [9.17, 15) is 14.0 Å². The van der Waals surface area contributed by atoms with Crippen molar-refractivity contribution in [2.24, 2.45) is 0 Å². The van der Waals surface area contributed by atoms with Crippen molar-refractivity contribution in [2.75, 3.05) is 13.7 Å². The standard InChI is InChI=1S/C19H17BrFNO4/c1-25-19(24)16-10-12(26-17-9-5-4-8-15(17)21)11-22(16)18(23)13-6-2-3-7-14(13)20/h2-9,12,16H,10-11H2,1H3. The summed E-state index contributed by atoms with van der Waals surface area (Å²) in [5, 5.41) is 0. The third-order valence-corrected chi connectivity index (χ3v) is 4.92. The maximum Gasteiger partial charge on any atom is 0.328 e. The van der Waals surface area contributed by atoms with Gasteiger partial charge in [0.05, 0.1) is 19.2 Å². The first kappa shape index (κ1) is 18.4. The average molecular weight is 422 g/mol. The van der Waals surface area contributed by atoms with Gasteiger partial charge >= 0.3 is 5.97 Å². The van der Waals surface area contributed by atoms with E-state index in [1.807, 2.05) is 0 Å². The smallest absolute Gasteiger partial charge is 0.328 e. The van der Waals surface area contributed by atoms with Crippen LogP contribution in [0.1, 0.15) is 16.8 Å². The quantitative estimate of drug-likeness (QED) is 0.709. The Balaban J connectivity index is 1.83. The summed E-state index contributed by atoms with van der Waals surface area (Å²) in [6.45, 7) is 0.161. The number of hydrogen-bond donors (Lipinski definition) is 0. The number of methoxy groups -OCH3 is 1. The predicted octanol–water partition coefficient (Wildman–Crippen LogP) is 3.42. The van der Waals surface area contributed by atoms with Gasteiger partial charge in [0.15, 0.2) is 11.6 Å². The highest BCUT2D eigenvalue weighted by molar-refractivity contribution is 9.10. The van der Waals surface area contributed by atoms with Gasteiger partial charge in [-0.05, 0) is 40.2 Å². The summed E-state index contributed by atoms with van der Waals surface area (Å²) in [6.07, 6.45) is -0.278. The van der Waals surface area contributed by atoms with Crippen molar-refractivity contribution in [1.82, 2.24) is 4.90 Å². The fourth-order valence-electron chi connectivity index (χ4n) is 2.98. The molecule has 1 fully saturated rings. The number of rotatable bonds is 4. The highest BCUT2D eigenvalue weighted by Gasteiger charge is 2.42. The number of esters is 1. The van der Waals surface area contributed by atoms with Gasteiger partial charge < -0.3 is 14.4 Å². The number of halogens is 2. The predicted molar refractivity (Wildman–Crippen MR) is 96.4 cm³/mol. The topological polar surface area (TPSA) is 55.8 Å². The summed E-state index contributed by atoms with van der Waals surface area (Å²) in [4.78, 5) is 26.5. The Morgan fingerprint density at radius 3 is 2.54 bits per heavy atom. The number of benzene rings is 2. The lowest BCUT2D eigenvalue weighted by atomic mass is 10.1. The number of amides is 1. The summed E-state index contributed by atoms with van der Waals surface area (Å²) in [6, 6.07) is 12.2. The number of carbonyl (C=O) groups is 2. The molecule has 0 spiro atoms. The molecule has 136 valence electrons. The fourth-order valence-corrected chi connectivity index (χ4v) is 3.43. The second-order valence-corrected chi connectivity index (χ2v) is 6.74. The summed E-state index contributed by atoms with van der Waals surface area (Å²) in [5.41, 5.74) is 0.438. The molecule has 1 aliphatic heterocycles. The Morgan fingerprint density at radius 2 is 1.85 bits per heavy atom. The number of hydrogen-bond acceptors (Lipinski definition) is 4. The van der Waals surface area contributed by atoms with Crippen LogP contribution in [0.2, 0.25) is 0 Å². The molecule has 0 bridgehead atoms. The van der Waals surface area contributed by atoms with Gasteiger partial charge in [0.2, 0.25) is 0 Å². The van der Waals surface area contributed by atoms with Crippen LogP contribution in [-0.4, -0.2) is 42.6 Å². The Labute approximate surface area is 158 Å². The second-order valence-electron chi connectivity index (χ2n) is 5.88. The second kappa shape index (κ2) is 7.86. The first-order valence-corrected chi connectivity index (χ1v) is 8.85. The third-order valence-electron chi connectivity index (χ3n) is 4.23. The van der Waals surface area contributed by atoms with Crippen LogP contribution in [0.5, 0.6) is 5.75 Å². The summed E-state index contributed by atoms with van der Waals surface area (Å²) in [5.74, 6) is -1.23. The molecule has 5 nitrogen and oxygen atoms in total. The SMILES string of the molecule is COC(=O)C1CC(Oc2ccccc2F)CN1C(=O)c1ccccc1Br. The van der Waals surface area contributed by atoms with Crippen LogP contribution in [0.25, 0.3) is 0 Å². The molecule has 26 heavy (non-hydrogen) atoms. The molecule has 0 radical (unpaired) electrons. The highest BCUT2D eigenvalue weighted by atomic mass is 79.9. The van der Waals surface area contributed by atoms with Gasteiger partial charge in [-0.1, -0.05) is 24.3 Å². The normalized spacial score (nSPS) is 19.3. The van der Waals surface area contributed by atoms with E-state index in [1.54, 1.807) is 36.4 Å². The Bertz CT molecular complexity index is 829. The van der Waals surface area contributed by atoms with Gasteiger partial charge in [-0.25, -0.2) is 9.18 Å². The van der Waals surface area contributed by atoms with Gasteiger partial charge in [-0.2, -0.15) is 0 Å². The van der Waals surface area contributed by atoms with Crippen LogP contribution < -0.4 is 4.74 Å². The Morgan fingerprint density at radius 1 is 1.15 bits per heavy atom. The molecule has 3 rings (SSSR count).